The van der Waals surface area contributed by atoms with E-state index >= 15 is 0 Å². The minimum absolute atomic E-state index is 0.0240. The molecule has 512 valence electrons. The Hall–Kier alpha value is -10.8. The summed E-state index contributed by atoms with van der Waals surface area (Å²) in [7, 11) is 0. The summed E-state index contributed by atoms with van der Waals surface area (Å²) in [6, 6.07) is 44.2. The third-order valence-electron chi connectivity index (χ3n) is 17.5. The maximum atomic E-state index is 14.2. The van der Waals surface area contributed by atoms with E-state index in [1.54, 1.807) is 46.9 Å². The molecule has 4 saturated heterocycles. The number of benzene rings is 1. The predicted molar refractivity (Wildman–Crippen MR) is 392 cm³/mol. The number of fused-ring (bicyclic) bond motifs is 4. The fourth-order valence-corrected chi connectivity index (χ4v) is 12.6. The van der Waals surface area contributed by atoms with Crippen molar-refractivity contribution in [3.05, 3.63) is 233 Å². The highest BCUT2D eigenvalue weighted by Crippen LogP contribution is 2.31. The van der Waals surface area contributed by atoms with Crippen LogP contribution in [0.4, 0.5) is 32.1 Å². The number of likely N-dealkylation sites (tertiary alicyclic amines) is 3. The molecule has 0 spiro atoms. The van der Waals surface area contributed by atoms with Gasteiger partial charge in [-0.05, 0) is 90.5 Å². The summed E-state index contributed by atoms with van der Waals surface area (Å²) < 4.78 is 35.6. The lowest BCUT2D eigenvalue weighted by atomic mass is 10.0. The lowest BCUT2D eigenvalue weighted by Gasteiger charge is -2.42. The molecule has 16 heterocycles. The standard InChI is InChI=1S/C23H20ClN5.C18H18ClN5O.C17H16ClN5O.C15H12ClF2N5/c1-16(17-6-3-2-4-7-17)28-14-19(15-28)26-22-9-5-8-20(27-22)21-12-25-23-11-10-18(24)13-29(21)23;1-2-18(25)23-10-13(11-23)21-16-5-3-4-14(22-16)15-8-20-17-7-6-12(19)9-24(15)17;1-11(24)22-9-13(10-22)20-16-4-2-3-14(21-16)15-7-19-17-6-5-12(18)8-23(15)17;16-8-1-2-13-20-6-12(23(13)7-8)14-10(17)3-11(18)15(22-14)21-9-4-19-5-9/h2-13,19H,1,14-15H2,(H,26,27);3-9,13H,2,10-11H2,1H3,(H,21,22);2-8,13H,9-10H2,1H3,(H,20,21);1-3,6-7,9,19H,4-5H2,(H,21,22). The maximum absolute atomic E-state index is 14.2. The van der Waals surface area contributed by atoms with Gasteiger partial charge in [0.2, 0.25) is 11.8 Å². The van der Waals surface area contributed by atoms with E-state index in [9.17, 15) is 18.4 Å². The number of hydrogen-bond acceptors (Lipinski definition) is 16. The van der Waals surface area contributed by atoms with Gasteiger partial charge in [-0.2, -0.15) is 0 Å². The van der Waals surface area contributed by atoms with Crippen LogP contribution in [0.2, 0.25) is 20.1 Å². The molecule has 4 aliphatic rings. The van der Waals surface area contributed by atoms with Gasteiger partial charge in [-0.25, -0.2) is 48.7 Å². The van der Waals surface area contributed by atoms with Crippen molar-refractivity contribution in [3.63, 3.8) is 0 Å². The van der Waals surface area contributed by atoms with E-state index in [1.165, 1.54) is 6.20 Å². The monoisotopic (exact) mass is 1430 g/mol. The van der Waals surface area contributed by atoms with Crippen LogP contribution in [-0.4, -0.2) is 161 Å². The van der Waals surface area contributed by atoms with E-state index in [2.05, 4.69) is 85.1 Å². The molecule has 2 amide bonds. The molecular weight excluding hydrogens is 1370 g/mol. The number of aromatic nitrogens is 12. The van der Waals surface area contributed by atoms with Crippen molar-refractivity contribution in [3.8, 4) is 45.6 Å². The third-order valence-corrected chi connectivity index (χ3v) is 18.4. The topological polar surface area (TPSA) is 225 Å². The second-order valence-corrected chi connectivity index (χ2v) is 26.3. The van der Waals surface area contributed by atoms with Gasteiger partial charge in [0.05, 0.1) is 109 Å². The smallest absolute Gasteiger partial charge is 0.222 e. The highest BCUT2D eigenvalue weighted by molar-refractivity contribution is 6.31. The molecule has 0 saturated carbocycles. The molecule has 0 aliphatic carbocycles. The average molecular weight is 1440 g/mol. The van der Waals surface area contributed by atoms with Crippen LogP contribution in [-0.2, 0) is 9.59 Å². The molecule has 0 radical (unpaired) electrons. The zero-order valence-electron chi connectivity index (χ0n) is 54.6. The summed E-state index contributed by atoms with van der Waals surface area (Å²) in [5.74, 6) is 1.31. The van der Waals surface area contributed by atoms with E-state index in [0.29, 0.717) is 57.0 Å². The molecule has 17 rings (SSSR count). The number of nitrogens with one attached hydrogen (secondary N) is 5. The largest absolute Gasteiger partial charge is 0.367 e. The van der Waals surface area contributed by atoms with Crippen LogP contribution in [0.25, 0.3) is 73.8 Å². The van der Waals surface area contributed by atoms with E-state index < -0.39 is 11.6 Å². The number of rotatable bonds is 15. The summed E-state index contributed by atoms with van der Waals surface area (Å²) in [6.45, 7) is 13.8. The first-order valence-corrected chi connectivity index (χ1v) is 34.1. The second kappa shape index (κ2) is 29.6. The zero-order chi connectivity index (χ0) is 69.8. The van der Waals surface area contributed by atoms with Gasteiger partial charge in [0.1, 0.15) is 45.7 Å². The molecule has 101 heavy (non-hydrogen) atoms. The van der Waals surface area contributed by atoms with Crippen molar-refractivity contribution >= 4 is 110 Å². The number of pyridine rings is 8. The minimum atomic E-state index is -0.749. The number of amides is 2. The second-order valence-electron chi connectivity index (χ2n) is 24.6. The highest BCUT2D eigenvalue weighted by atomic mass is 35.5. The first-order chi connectivity index (χ1) is 49.0. The molecule has 22 nitrogen and oxygen atoms in total. The van der Waals surface area contributed by atoms with Crippen molar-refractivity contribution in [1.29, 1.82) is 0 Å². The van der Waals surface area contributed by atoms with E-state index in [4.69, 9.17) is 51.4 Å². The Labute approximate surface area is 598 Å². The van der Waals surface area contributed by atoms with Gasteiger partial charge in [0, 0.05) is 102 Å². The van der Waals surface area contributed by atoms with Crippen molar-refractivity contribution < 1.29 is 18.4 Å². The van der Waals surface area contributed by atoms with E-state index in [-0.39, 0.29) is 41.5 Å². The molecule has 0 bridgehead atoms. The summed E-state index contributed by atoms with van der Waals surface area (Å²) in [4.78, 5) is 64.5. The summed E-state index contributed by atoms with van der Waals surface area (Å²) in [5, 5.41) is 18.8. The van der Waals surface area contributed by atoms with Crippen molar-refractivity contribution in [1.82, 2.24) is 77.5 Å². The van der Waals surface area contributed by atoms with Crippen LogP contribution in [0.15, 0.2) is 196 Å². The fourth-order valence-electron chi connectivity index (χ4n) is 11.9. The van der Waals surface area contributed by atoms with Gasteiger partial charge in [-0.15, -0.1) is 0 Å². The Morgan fingerprint density at radius 2 is 0.871 bits per heavy atom. The van der Waals surface area contributed by atoms with Crippen molar-refractivity contribution in [2.75, 3.05) is 73.6 Å². The van der Waals surface area contributed by atoms with Crippen molar-refractivity contribution in [2.45, 2.75) is 44.4 Å². The lowest BCUT2D eigenvalue weighted by molar-refractivity contribution is -0.135. The minimum Gasteiger partial charge on any atom is -0.367 e. The first-order valence-electron chi connectivity index (χ1n) is 32.6. The van der Waals surface area contributed by atoms with Gasteiger partial charge < -0.3 is 41.3 Å². The maximum Gasteiger partial charge on any atom is 0.222 e. The highest BCUT2D eigenvalue weighted by Gasteiger charge is 2.32. The van der Waals surface area contributed by atoms with Gasteiger partial charge >= 0.3 is 0 Å². The number of imidazole rings is 4. The first kappa shape index (κ1) is 67.4. The summed E-state index contributed by atoms with van der Waals surface area (Å²) in [6.07, 6.45) is 14.6. The summed E-state index contributed by atoms with van der Waals surface area (Å²) >= 11 is 24.3. The van der Waals surface area contributed by atoms with Gasteiger partial charge in [0.25, 0.3) is 0 Å². The Balaban J connectivity index is 0.000000115. The van der Waals surface area contributed by atoms with Crippen LogP contribution < -0.4 is 26.6 Å². The van der Waals surface area contributed by atoms with Gasteiger partial charge in [0.15, 0.2) is 17.5 Å². The number of nitrogens with zero attached hydrogens (tertiary/aromatic N) is 15. The SMILES string of the molecule is C=C(c1ccccc1)N1CC(Nc2cccc(-c3cnc4ccc(Cl)cn34)n2)C1.CC(=O)N1CC(Nc2cccc(-c3cnc4ccc(Cl)cn34)n2)C1.CCC(=O)N1CC(Nc2cccc(-c3cnc4ccc(Cl)cn34)n2)C1.Fc1cc(F)c(-c2cnc3ccc(Cl)cn23)nc1NC1CNC1. The van der Waals surface area contributed by atoms with Gasteiger partial charge in [-0.3, -0.25) is 27.2 Å². The van der Waals surface area contributed by atoms with Crippen LogP contribution in [0.5, 0.6) is 0 Å². The molecular formula is C73H66Cl4F2N20O2. The lowest BCUT2D eigenvalue weighted by Crippen LogP contribution is -2.56. The summed E-state index contributed by atoms with van der Waals surface area (Å²) in [5.41, 5.74) is 10.9. The number of carbonyl (C=O) groups excluding carboxylic acids is 2. The number of anilines is 4. The quantitative estimate of drug-likeness (QED) is 0.0643. The molecule has 13 aromatic rings. The van der Waals surface area contributed by atoms with E-state index in [0.717, 1.165) is 125 Å². The normalized spacial score (nSPS) is 14.5. The number of halogens is 6. The number of hydrogen-bond donors (Lipinski definition) is 5. The zero-order valence-corrected chi connectivity index (χ0v) is 57.6. The Morgan fingerprint density at radius 3 is 1.27 bits per heavy atom. The molecule has 28 heteroatoms. The van der Waals surface area contributed by atoms with Crippen LogP contribution in [0, 0.1) is 11.6 Å². The van der Waals surface area contributed by atoms with Crippen LogP contribution in [0.3, 0.4) is 0 Å². The molecule has 12 aromatic heterocycles. The van der Waals surface area contributed by atoms with Gasteiger partial charge in [-0.1, -0.05) is 108 Å². The molecule has 0 unspecified atom stereocenters. The van der Waals surface area contributed by atoms with Crippen molar-refractivity contribution in [2.24, 2.45) is 0 Å². The molecule has 4 aliphatic heterocycles. The predicted octanol–water partition coefficient (Wildman–Crippen LogP) is 13.3. The fraction of sp³-hybridized carbons (Fsp3) is 0.205. The Kier molecular flexibility index (Phi) is 19.8. The number of carbonyl (C=O) groups is 2. The Morgan fingerprint density at radius 1 is 0.475 bits per heavy atom. The molecule has 5 N–H and O–H groups in total. The molecule has 1 aromatic carbocycles. The Bertz CT molecular complexity index is 5200. The van der Waals surface area contributed by atoms with E-state index in [1.807, 2.05) is 159 Å². The van der Waals surface area contributed by atoms with Crippen LogP contribution >= 0.6 is 46.4 Å². The average Bonchev–Trinajstić information content (AvgIpc) is 1.74. The molecule has 0 atom stereocenters. The third kappa shape index (κ3) is 15.2. The van der Waals surface area contributed by atoms with Crippen LogP contribution in [0.1, 0.15) is 25.8 Å². The molecule has 4 fully saturated rings.